The lowest BCUT2D eigenvalue weighted by Crippen LogP contribution is -2.08. The zero-order valence-corrected chi connectivity index (χ0v) is 12.8. The van der Waals surface area contributed by atoms with Crippen molar-refractivity contribution in [2.45, 2.75) is 19.7 Å². The zero-order chi connectivity index (χ0) is 16.6. The lowest BCUT2D eigenvalue weighted by molar-refractivity contribution is -0.139. The first kappa shape index (κ1) is 15.5. The molecule has 0 bridgehead atoms. The first-order valence-corrected chi connectivity index (χ1v) is 7.20. The number of para-hydroxylation sites is 1. The molecule has 0 fully saturated rings. The second-order valence-electron chi connectivity index (χ2n) is 5.57. The number of alkyl halides is 3. The molecule has 23 heavy (non-hydrogen) atoms. The number of halogens is 3. The van der Waals surface area contributed by atoms with Crippen molar-refractivity contribution in [2.75, 3.05) is 0 Å². The van der Waals surface area contributed by atoms with E-state index in [9.17, 15) is 13.2 Å². The molecule has 0 spiro atoms. The molecule has 3 aromatic rings. The van der Waals surface area contributed by atoms with Crippen molar-refractivity contribution in [2.24, 2.45) is 7.05 Å². The maximum atomic E-state index is 13.0. The van der Waals surface area contributed by atoms with Crippen molar-refractivity contribution in [3.8, 4) is 5.75 Å². The molecule has 0 amide bonds. The van der Waals surface area contributed by atoms with Crippen LogP contribution >= 0.6 is 0 Å². The average molecular weight is 319 g/mol. The van der Waals surface area contributed by atoms with E-state index in [4.69, 9.17) is 4.74 Å². The highest BCUT2D eigenvalue weighted by atomic mass is 19.4. The van der Waals surface area contributed by atoms with Gasteiger partial charge in [-0.15, -0.1) is 0 Å². The highest BCUT2D eigenvalue weighted by molar-refractivity contribution is 5.84. The van der Waals surface area contributed by atoms with Crippen molar-refractivity contribution in [3.05, 3.63) is 65.4 Å². The van der Waals surface area contributed by atoms with Crippen molar-refractivity contribution < 1.29 is 17.9 Å². The van der Waals surface area contributed by atoms with E-state index in [1.165, 1.54) is 18.2 Å². The first-order valence-electron chi connectivity index (χ1n) is 7.20. The highest BCUT2D eigenvalue weighted by Crippen LogP contribution is 2.36. The Morgan fingerprint density at radius 1 is 1.09 bits per heavy atom. The van der Waals surface area contributed by atoms with Gasteiger partial charge in [0.2, 0.25) is 0 Å². The first-order chi connectivity index (χ1) is 10.9. The van der Waals surface area contributed by atoms with Crippen molar-refractivity contribution in [1.82, 2.24) is 4.57 Å². The minimum Gasteiger partial charge on any atom is -0.488 e. The van der Waals surface area contributed by atoms with Crippen LogP contribution in [0, 0.1) is 6.92 Å². The molecule has 1 heterocycles. The largest absolute Gasteiger partial charge is 0.488 e. The Kier molecular flexibility index (Phi) is 3.80. The Morgan fingerprint density at radius 3 is 2.57 bits per heavy atom. The van der Waals surface area contributed by atoms with Crippen molar-refractivity contribution in [3.63, 3.8) is 0 Å². The van der Waals surface area contributed by atoms with Crippen molar-refractivity contribution in [1.29, 1.82) is 0 Å². The summed E-state index contributed by atoms with van der Waals surface area (Å²) in [6.45, 7) is 2.07. The number of nitrogens with zero attached hydrogens (tertiary/aromatic N) is 1. The van der Waals surface area contributed by atoms with E-state index in [2.05, 4.69) is 0 Å². The van der Waals surface area contributed by atoms with Gasteiger partial charge in [0.15, 0.2) is 0 Å². The van der Waals surface area contributed by atoms with Crippen LogP contribution in [-0.4, -0.2) is 4.57 Å². The Labute approximate surface area is 132 Å². The number of benzene rings is 2. The van der Waals surface area contributed by atoms with Gasteiger partial charge in [-0.25, -0.2) is 0 Å². The van der Waals surface area contributed by atoms with Gasteiger partial charge in [0.1, 0.15) is 12.4 Å². The summed E-state index contributed by atoms with van der Waals surface area (Å²) in [4.78, 5) is 0. The Balaban J connectivity index is 1.92. The van der Waals surface area contributed by atoms with E-state index in [1.807, 2.05) is 42.9 Å². The fourth-order valence-corrected chi connectivity index (χ4v) is 2.68. The van der Waals surface area contributed by atoms with Crippen LogP contribution in [0.25, 0.3) is 10.9 Å². The highest BCUT2D eigenvalue weighted by Gasteiger charge is 2.34. The van der Waals surface area contributed by atoms with E-state index in [1.54, 1.807) is 0 Å². The van der Waals surface area contributed by atoms with Gasteiger partial charge in [0.25, 0.3) is 0 Å². The van der Waals surface area contributed by atoms with Gasteiger partial charge in [0, 0.05) is 29.7 Å². The van der Waals surface area contributed by atoms with Crippen LogP contribution in [0.4, 0.5) is 13.2 Å². The standard InChI is InChI=1S/C18H16F3NO/c1-12-7-8-16-14(9-12)13(10-22(16)2)11-23-17-6-4-3-5-15(17)18(19,20)21/h3-10H,11H2,1-2H3. The zero-order valence-electron chi connectivity index (χ0n) is 12.8. The van der Waals surface area contributed by atoms with E-state index in [0.29, 0.717) is 0 Å². The van der Waals surface area contributed by atoms with Crippen LogP contribution in [-0.2, 0) is 19.8 Å². The summed E-state index contributed by atoms with van der Waals surface area (Å²) in [5, 5.41) is 0.997. The molecule has 1 aromatic heterocycles. The lowest BCUT2D eigenvalue weighted by atomic mass is 10.1. The van der Waals surface area contributed by atoms with Gasteiger partial charge in [-0.05, 0) is 31.2 Å². The maximum Gasteiger partial charge on any atom is 0.419 e. The van der Waals surface area contributed by atoms with Crippen LogP contribution in [0.15, 0.2) is 48.7 Å². The van der Waals surface area contributed by atoms with Gasteiger partial charge in [0.05, 0.1) is 5.56 Å². The summed E-state index contributed by atoms with van der Waals surface area (Å²) in [6.07, 6.45) is -2.54. The Hall–Kier alpha value is -2.43. The smallest absolute Gasteiger partial charge is 0.419 e. The van der Waals surface area contributed by atoms with Gasteiger partial charge < -0.3 is 9.30 Å². The molecule has 5 heteroatoms. The molecule has 0 radical (unpaired) electrons. The van der Waals surface area contributed by atoms with Gasteiger partial charge in [-0.3, -0.25) is 0 Å². The van der Waals surface area contributed by atoms with Crippen LogP contribution in [0.2, 0.25) is 0 Å². The Morgan fingerprint density at radius 2 is 1.83 bits per heavy atom. The predicted molar refractivity (Wildman–Crippen MR) is 83.4 cm³/mol. The fourth-order valence-electron chi connectivity index (χ4n) is 2.68. The predicted octanol–water partition coefficient (Wildman–Crippen LogP) is 5.08. The number of hydrogen-bond donors (Lipinski definition) is 0. The maximum absolute atomic E-state index is 13.0. The average Bonchev–Trinajstić information content (AvgIpc) is 2.80. The number of aromatic nitrogens is 1. The lowest BCUT2D eigenvalue weighted by Gasteiger charge is -2.13. The molecule has 0 aliphatic rings. The van der Waals surface area contributed by atoms with E-state index < -0.39 is 11.7 Å². The van der Waals surface area contributed by atoms with Crippen LogP contribution < -0.4 is 4.74 Å². The molecule has 0 aliphatic carbocycles. The second-order valence-corrected chi connectivity index (χ2v) is 5.57. The molecule has 0 aliphatic heterocycles. The molecule has 2 aromatic carbocycles. The minimum absolute atomic E-state index is 0.0912. The third-order valence-electron chi connectivity index (χ3n) is 3.80. The fraction of sp³-hybridized carbons (Fsp3) is 0.222. The minimum atomic E-state index is -4.42. The normalized spacial score (nSPS) is 11.9. The molecule has 2 nitrogen and oxygen atoms in total. The summed E-state index contributed by atoms with van der Waals surface area (Å²) in [6, 6.07) is 11.3. The number of rotatable bonds is 3. The molecule has 0 unspecified atom stereocenters. The molecule has 3 rings (SSSR count). The molecule has 0 saturated heterocycles. The van der Waals surface area contributed by atoms with Crippen LogP contribution in [0.5, 0.6) is 5.75 Å². The topological polar surface area (TPSA) is 14.2 Å². The number of aryl methyl sites for hydroxylation is 2. The summed E-state index contributed by atoms with van der Waals surface area (Å²) < 4.78 is 46.4. The summed E-state index contributed by atoms with van der Waals surface area (Å²) in [5.41, 5.74) is 2.23. The van der Waals surface area contributed by atoms with E-state index in [-0.39, 0.29) is 12.4 Å². The molecule has 120 valence electrons. The second kappa shape index (κ2) is 5.65. The molecule has 0 atom stereocenters. The third kappa shape index (κ3) is 3.04. The monoisotopic (exact) mass is 319 g/mol. The number of ether oxygens (including phenoxy) is 1. The molecule has 0 saturated carbocycles. The Bertz CT molecular complexity index is 849. The molecular weight excluding hydrogens is 303 g/mol. The van der Waals surface area contributed by atoms with E-state index >= 15 is 0 Å². The van der Waals surface area contributed by atoms with Gasteiger partial charge >= 0.3 is 6.18 Å². The van der Waals surface area contributed by atoms with Crippen LogP contribution in [0.3, 0.4) is 0 Å². The third-order valence-corrected chi connectivity index (χ3v) is 3.80. The molecular formula is C18H16F3NO. The van der Waals surface area contributed by atoms with E-state index in [0.717, 1.165) is 28.1 Å². The quantitative estimate of drug-likeness (QED) is 0.656. The van der Waals surface area contributed by atoms with Gasteiger partial charge in [-0.1, -0.05) is 23.8 Å². The van der Waals surface area contributed by atoms with Gasteiger partial charge in [-0.2, -0.15) is 13.2 Å². The molecule has 0 N–H and O–H groups in total. The summed E-state index contributed by atoms with van der Waals surface area (Å²) in [5.74, 6) is -0.148. The SMILES string of the molecule is Cc1ccc2c(c1)c(COc1ccccc1C(F)(F)F)cn2C. The number of fused-ring (bicyclic) bond motifs is 1. The van der Waals surface area contributed by atoms with Crippen molar-refractivity contribution >= 4 is 10.9 Å². The van der Waals surface area contributed by atoms with Crippen LogP contribution in [0.1, 0.15) is 16.7 Å². The summed E-state index contributed by atoms with van der Waals surface area (Å²) in [7, 11) is 1.91. The summed E-state index contributed by atoms with van der Waals surface area (Å²) >= 11 is 0. The number of hydrogen-bond acceptors (Lipinski definition) is 1.